The first-order valence-electron chi connectivity index (χ1n) is 19.5. The van der Waals surface area contributed by atoms with Gasteiger partial charge < -0.3 is 25.8 Å². The Labute approximate surface area is 326 Å². The lowest BCUT2D eigenvalue weighted by molar-refractivity contribution is -0.130. The van der Waals surface area contributed by atoms with Crippen molar-refractivity contribution in [3.8, 4) is 0 Å². The number of carbonyl (C=O) groups is 4. The summed E-state index contributed by atoms with van der Waals surface area (Å²) in [6.07, 6.45) is 3.19. The van der Waals surface area contributed by atoms with Gasteiger partial charge in [-0.15, -0.1) is 0 Å². The van der Waals surface area contributed by atoms with Crippen LogP contribution in [0.25, 0.3) is 0 Å². The number of hydrogen-bond acceptors (Lipinski definition) is 7. The second-order valence-corrected chi connectivity index (χ2v) is 17.1. The summed E-state index contributed by atoms with van der Waals surface area (Å²) in [5.74, 6) is 0.239. The van der Waals surface area contributed by atoms with E-state index in [1.807, 2.05) is 77.9 Å². The Kier molecular flexibility index (Phi) is 13.3. The van der Waals surface area contributed by atoms with E-state index >= 15 is 0 Å². The van der Waals surface area contributed by atoms with Crippen LogP contribution in [-0.2, 0) is 64.8 Å². The van der Waals surface area contributed by atoms with E-state index in [2.05, 4.69) is 41.0 Å². The lowest BCUT2D eigenvalue weighted by Gasteiger charge is -2.24. The van der Waals surface area contributed by atoms with Gasteiger partial charge in [-0.3, -0.25) is 19.4 Å². The van der Waals surface area contributed by atoms with Crippen molar-refractivity contribution in [2.75, 3.05) is 0 Å². The van der Waals surface area contributed by atoms with E-state index in [9.17, 15) is 19.2 Å². The van der Waals surface area contributed by atoms with Crippen molar-refractivity contribution >= 4 is 24.0 Å². The standard InChI is InChI=1S/C30H39N3O4.C14H20N2O2/c1-20(32-28(35)24-12-10-22(15-24)14-21-8-6-5-7-9-21)27(34)31-17-23-11-13-25-18-33(19-26(25)16-23)29(36)37-30(2,3)4;1-14(2,3)18-13(17)16-8-11-5-4-10(7-15)6-12(11)9-16/h5-9,11,13,16,20,22,24H,10,12,14-15,17-19H2,1-4H3,(H,31,34)(H,32,35);4-6H,7-9,15H2,1-3H3/t20-,22-,24+;/m0./s1. The highest BCUT2D eigenvalue weighted by molar-refractivity contribution is 5.88. The molecule has 0 saturated heterocycles. The van der Waals surface area contributed by atoms with Crippen molar-refractivity contribution in [3.63, 3.8) is 0 Å². The molecule has 2 heterocycles. The molecule has 4 amide bonds. The average molecular weight is 754 g/mol. The summed E-state index contributed by atoms with van der Waals surface area (Å²) in [5, 5.41) is 5.85. The van der Waals surface area contributed by atoms with Crippen LogP contribution in [0.15, 0.2) is 66.7 Å². The van der Waals surface area contributed by atoms with Crippen molar-refractivity contribution in [1.82, 2.24) is 20.4 Å². The fourth-order valence-corrected chi connectivity index (χ4v) is 7.23. The molecule has 0 unspecified atom stereocenters. The van der Waals surface area contributed by atoms with Gasteiger partial charge in [0.25, 0.3) is 0 Å². The van der Waals surface area contributed by atoms with Crippen molar-refractivity contribution in [1.29, 1.82) is 0 Å². The smallest absolute Gasteiger partial charge is 0.410 e. The molecule has 6 rings (SSSR count). The summed E-state index contributed by atoms with van der Waals surface area (Å²) in [7, 11) is 0. The van der Waals surface area contributed by atoms with E-state index in [-0.39, 0.29) is 29.9 Å². The third-order valence-electron chi connectivity index (χ3n) is 10.0. The molecule has 1 fully saturated rings. The molecule has 0 bridgehead atoms. The van der Waals surface area contributed by atoms with Gasteiger partial charge >= 0.3 is 12.2 Å². The number of hydrogen-bond donors (Lipinski definition) is 3. The number of benzene rings is 3. The average Bonchev–Trinajstić information content (AvgIpc) is 3.88. The van der Waals surface area contributed by atoms with Gasteiger partial charge in [-0.2, -0.15) is 0 Å². The normalized spacial score (nSPS) is 18.0. The molecule has 2 aliphatic heterocycles. The molecule has 11 heteroatoms. The number of nitrogens with two attached hydrogens (primary N) is 1. The van der Waals surface area contributed by atoms with Gasteiger partial charge in [0.2, 0.25) is 11.8 Å². The van der Waals surface area contributed by atoms with Crippen molar-refractivity contribution < 1.29 is 28.7 Å². The van der Waals surface area contributed by atoms with Crippen LogP contribution in [0.5, 0.6) is 0 Å². The van der Waals surface area contributed by atoms with Crippen LogP contribution < -0.4 is 16.4 Å². The molecule has 4 N–H and O–H groups in total. The highest BCUT2D eigenvalue weighted by atomic mass is 16.6. The van der Waals surface area contributed by atoms with Crippen molar-refractivity contribution in [2.45, 2.75) is 131 Å². The van der Waals surface area contributed by atoms with E-state index in [4.69, 9.17) is 15.2 Å². The van der Waals surface area contributed by atoms with E-state index in [1.54, 1.807) is 16.7 Å². The SMILES string of the molecule is CC(C)(C)OC(=O)N1Cc2ccc(CN)cc2C1.C[C@H](NC(=O)[C@@H]1CC[C@@H](Cc2ccccc2)C1)C(=O)NCc1ccc2c(c1)CN(C(=O)OC(C)(C)C)C2. The minimum absolute atomic E-state index is 0.0297. The van der Waals surface area contributed by atoms with Gasteiger partial charge in [-0.25, -0.2) is 9.59 Å². The predicted molar refractivity (Wildman–Crippen MR) is 212 cm³/mol. The first kappa shape index (κ1) is 41.3. The zero-order valence-corrected chi connectivity index (χ0v) is 33.6. The fraction of sp³-hybridized carbons (Fsp3) is 0.500. The maximum absolute atomic E-state index is 12.8. The number of ether oxygens (including phenoxy) is 2. The number of fused-ring (bicyclic) bond motifs is 2. The molecule has 296 valence electrons. The summed E-state index contributed by atoms with van der Waals surface area (Å²) in [4.78, 5) is 53.2. The van der Waals surface area contributed by atoms with Crippen LogP contribution in [0.2, 0.25) is 0 Å². The lowest BCUT2D eigenvalue weighted by atomic mass is 9.96. The molecule has 55 heavy (non-hydrogen) atoms. The van der Waals surface area contributed by atoms with Crippen LogP contribution in [0.4, 0.5) is 9.59 Å². The van der Waals surface area contributed by atoms with Gasteiger partial charge in [-0.05, 0) is 119 Å². The molecule has 0 spiro atoms. The number of nitrogens with one attached hydrogen (secondary N) is 2. The summed E-state index contributed by atoms with van der Waals surface area (Å²) in [5.41, 5.74) is 12.5. The monoisotopic (exact) mass is 753 g/mol. The predicted octanol–water partition coefficient (Wildman–Crippen LogP) is 7.11. The molecule has 3 aliphatic rings. The van der Waals surface area contributed by atoms with Gasteiger partial charge in [-0.1, -0.05) is 66.7 Å². The second kappa shape index (κ2) is 17.7. The molecule has 3 atom stereocenters. The molecule has 1 aliphatic carbocycles. The van der Waals surface area contributed by atoms with E-state index < -0.39 is 17.2 Å². The van der Waals surface area contributed by atoms with Gasteiger partial charge in [0.15, 0.2) is 0 Å². The summed E-state index contributed by atoms with van der Waals surface area (Å²) in [6.45, 7) is 16.1. The number of rotatable bonds is 8. The van der Waals surface area contributed by atoms with Crippen molar-refractivity contribution in [3.05, 3.63) is 106 Å². The summed E-state index contributed by atoms with van der Waals surface area (Å²) >= 11 is 0. The van der Waals surface area contributed by atoms with E-state index in [0.717, 1.165) is 47.9 Å². The fourth-order valence-electron chi connectivity index (χ4n) is 7.23. The van der Waals surface area contributed by atoms with Crippen LogP contribution >= 0.6 is 0 Å². The molecule has 0 radical (unpaired) electrons. The highest BCUT2D eigenvalue weighted by Crippen LogP contribution is 2.33. The van der Waals surface area contributed by atoms with Crippen LogP contribution in [0.1, 0.15) is 107 Å². The first-order chi connectivity index (χ1) is 26.0. The minimum atomic E-state index is -0.599. The molecule has 0 aromatic heterocycles. The van der Waals surface area contributed by atoms with Crippen LogP contribution in [0.3, 0.4) is 0 Å². The van der Waals surface area contributed by atoms with Gasteiger partial charge in [0.05, 0.1) is 0 Å². The topological polar surface area (TPSA) is 143 Å². The Bertz CT molecular complexity index is 1830. The van der Waals surface area contributed by atoms with E-state index in [1.165, 1.54) is 16.7 Å². The Morgan fingerprint density at radius 1 is 0.727 bits per heavy atom. The first-order valence-corrected chi connectivity index (χ1v) is 19.5. The van der Waals surface area contributed by atoms with Crippen LogP contribution in [-0.4, -0.2) is 51.0 Å². The summed E-state index contributed by atoms with van der Waals surface area (Å²) < 4.78 is 10.9. The zero-order valence-electron chi connectivity index (χ0n) is 33.6. The largest absolute Gasteiger partial charge is 0.444 e. The van der Waals surface area contributed by atoms with Gasteiger partial charge in [0.1, 0.15) is 17.2 Å². The molecule has 3 aromatic rings. The minimum Gasteiger partial charge on any atom is -0.444 e. The molecule has 3 aromatic carbocycles. The maximum atomic E-state index is 12.8. The van der Waals surface area contributed by atoms with Crippen molar-refractivity contribution in [2.24, 2.45) is 17.6 Å². The quantitative estimate of drug-likeness (QED) is 0.223. The maximum Gasteiger partial charge on any atom is 0.410 e. The highest BCUT2D eigenvalue weighted by Gasteiger charge is 2.32. The number of amides is 4. The Morgan fingerprint density at radius 3 is 1.80 bits per heavy atom. The molecular formula is C44H59N5O6. The third-order valence-corrected chi connectivity index (χ3v) is 10.0. The molecule has 11 nitrogen and oxygen atoms in total. The van der Waals surface area contributed by atoms with E-state index in [0.29, 0.717) is 45.2 Å². The molecule has 1 saturated carbocycles. The second-order valence-electron chi connectivity index (χ2n) is 17.1. The summed E-state index contributed by atoms with van der Waals surface area (Å²) in [6, 6.07) is 21.9. The Morgan fingerprint density at radius 2 is 1.25 bits per heavy atom. The lowest BCUT2D eigenvalue weighted by Crippen LogP contribution is -2.46. The van der Waals surface area contributed by atoms with Gasteiger partial charge in [0, 0.05) is 45.2 Å². The number of nitrogens with zero attached hydrogens (tertiary/aromatic N) is 2. The Hall–Kier alpha value is -4.90. The van der Waals surface area contributed by atoms with Crippen LogP contribution in [0, 0.1) is 11.8 Å². The molecular weight excluding hydrogens is 695 g/mol. The third kappa shape index (κ3) is 12.0. The Balaban J connectivity index is 0.000000269. The zero-order chi connectivity index (χ0) is 39.9. The number of carbonyl (C=O) groups excluding carboxylic acids is 4.